The van der Waals surface area contributed by atoms with Gasteiger partial charge in [0.25, 0.3) is 5.91 Å². The zero-order valence-electron chi connectivity index (χ0n) is 10.7. The molecule has 4 nitrogen and oxygen atoms in total. The molecule has 5 heteroatoms. The number of amides is 1. The highest BCUT2D eigenvalue weighted by molar-refractivity contribution is 14.1. The summed E-state index contributed by atoms with van der Waals surface area (Å²) in [5.41, 5.74) is 1.76. The minimum Gasteiger partial charge on any atom is -0.507 e. The van der Waals surface area contributed by atoms with Crippen LogP contribution in [-0.2, 0) is 4.74 Å². The van der Waals surface area contributed by atoms with E-state index in [0.717, 1.165) is 9.99 Å². The molecule has 0 unspecified atom stereocenters. The lowest BCUT2D eigenvalue weighted by Crippen LogP contribution is -2.35. The predicted octanol–water partition coefficient (Wildman–Crippen LogP) is 2.42. The normalized spacial score (nSPS) is 15.3. The summed E-state index contributed by atoms with van der Waals surface area (Å²) >= 11 is 2.03. The number of ether oxygens (including phenoxy) is 1. The molecule has 0 spiro atoms. The zero-order valence-corrected chi connectivity index (χ0v) is 12.9. The Balaban J connectivity index is 2.07. The fraction of sp³-hybridized carbons (Fsp3) is 0.357. The van der Waals surface area contributed by atoms with Crippen molar-refractivity contribution in [2.45, 2.75) is 6.42 Å². The number of methoxy groups -OCH3 is 1. The van der Waals surface area contributed by atoms with E-state index >= 15 is 0 Å². The second-order valence-corrected chi connectivity index (χ2v) is 5.62. The van der Waals surface area contributed by atoms with Gasteiger partial charge in [-0.2, -0.15) is 0 Å². The third-order valence-electron chi connectivity index (χ3n) is 3.11. The molecule has 0 saturated carbocycles. The van der Waals surface area contributed by atoms with Gasteiger partial charge in [0.2, 0.25) is 0 Å². The van der Waals surface area contributed by atoms with E-state index in [9.17, 15) is 9.90 Å². The average molecular weight is 373 g/mol. The Labute approximate surface area is 126 Å². The lowest BCUT2D eigenvalue weighted by atomic mass is 10.1. The van der Waals surface area contributed by atoms with Crippen LogP contribution in [0.5, 0.6) is 5.75 Å². The number of carbonyl (C=O) groups excluding carboxylic acids is 1. The molecule has 0 bridgehead atoms. The van der Waals surface area contributed by atoms with E-state index < -0.39 is 0 Å². The van der Waals surface area contributed by atoms with Crippen LogP contribution in [0.1, 0.15) is 16.8 Å². The Morgan fingerprint density at radius 1 is 1.53 bits per heavy atom. The van der Waals surface area contributed by atoms with Gasteiger partial charge in [0, 0.05) is 25.8 Å². The molecule has 1 N–H and O–H groups in total. The summed E-state index contributed by atoms with van der Waals surface area (Å²) in [6, 6.07) is 5.02. The number of benzene rings is 1. The number of phenols is 1. The Bertz CT molecular complexity index is 513. The maximum absolute atomic E-state index is 12.3. The summed E-state index contributed by atoms with van der Waals surface area (Å²) in [5, 5.41) is 9.65. The van der Waals surface area contributed by atoms with Crippen LogP contribution in [0.2, 0.25) is 0 Å². The first-order valence-corrected chi connectivity index (χ1v) is 7.14. The molecule has 0 fully saturated rings. The topological polar surface area (TPSA) is 49.8 Å². The maximum Gasteiger partial charge on any atom is 0.254 e. The first-order valence-electron chi connectivity index (χ1n) is 6.06. The van der Waals surface area contributed by atoms with Gasteiger partial charge in [-0.15, -0.1) is 0 Å². The number of aromatic hydroxyl groups is 1. The van der Waals surface area contributed by atoms with Gasteiger partial charge in [0.1, 0.15) is 5.75 Å². The first kappa shape index (κ1) is 14.3. The van der Waals surface area contributed by atoms with Gasteiger partial charge in [-0.05, 0) is 52.8 Å². The van der Waals surface area contributed by atoms with Crippen molar-refractivity contribution in [3.05, 3.63) is 39.0 Å². The molecular formula is C14H16INO3. The standard InChI is InChI=1S/C14H16INO3/c1-19-9-10-4-6-16(7-5-10)14(18)11-2-3-12(15)13(17)8-11/h2-4,8,17H,5-7,9H2,1H3. The average Bonchev–Trinajstić information content (AvgIpc) is 2.42. The summed E-state index contributed by atoms with van der Waals surface area (Å²) in [7, 11) is 1.67. The predicted molar refractivity (Wildman–Crippen MR) is 81.3 cm³/mol. The molecule has 0 aromatic heterocycles. The van der Waals surface area contributed by atoms with Crippen LogP contribution in [-0.4, -0.2) is 42.7 Å². The molecule has 1 aliphatic rings. The summed E-state index contributed by atoms with van der Waals surface area (Å²) in [5.74, 6) is 0.110. The van der Waals surface area contributed by atoms with E-state index in [1.807, 2.05) is 28.7 Å². The minimum atomic E-state index is -0.0422. The van der Waals surface area contributed by atoms with E-state index in [2.05, 4.69) is 0 Å². The second-order valence-electron chi connectivity index (χ2n) is 4.46. The molecule has 19 heavy (non-hydrogen) atoms. The smallest absolute Gasteiger partial charge is 0.254 e. The quantitative estimate of drug-likeness (QED) is 0.654. The molecule has 0 radical (unpaired) electrons. The lowest BCUT2D eigenvalue weighted by molar-refractivity contribution is 0.0764. The zero-order chi connectivity index (χ0) is 13.8. The van der Waals surface area contributed by atoms with E-state index in [4.69, 9.17) is 4.74 Å². The number of carbonyl (C=O) groups is 1. The highest BCUT2D eigenvalue weighted by atomic mass is 127. The van der Waals surface area contributed by atoms with Gasteiger partial charge in [-0.3, -0.25) is 4.79 Å². The summed E-state index contributed by atoms with van der Waals surface area (Å²) < 4.78 is 5.83. The van der Waals surface area contributed by atoms with Crippen LogP contribution >= 0.6 is 22.6 Å². The van der Waals surface area contributed by atoms with Crippen molar-refractivity contribution in [3.8, 4) is 5.75 Å². The molecule has 1 aromatic carbocycles. The van der Waals surface area contributed by atoms with E-state index in [0.29, 0.717) is 25.3 Å². The van der Waals surface area contributed by atoms with Gasteiger partial charge in [-0.25, -0.2) is 0 Å². The third kappa shape index (κ3) is 3.48. The molecule has 0 saturated heterocycles. The van der Waals surface area contributed by atoms with Crippen LogP contribution in [0.25, 0.3) is 0 Å². The van der Waals surface area contributed by atoms with Crippen molar-refractivity contribution in [1.29, 1.82) is 0 Å². The molecule has 0 aliphatic carbocycles. The lowest BCUT2D eigenvalue weighted by Gasteiger charge is -2.26. The van der Waals surface area contributed by atoms with Crippen LogP contribution in [0.15, 0.2) is 29.8 Å². The van der Waals surface area contributed by atoms with Gasteiger partial charge < -0.3 is 14.7 Å². The molecule has 1 aromatic rings. The van der Waals surface area contributed by atoms with Gasteiger partial charge in [0.15, 0.2) is 0 Å². The Hall–Kier alpha value is -1.08. The highest BCUT2D eigenvalue weighted by Gasteiger charge is 2.19. The largest absolute Gasteiger partial charge is 0.507 e. The summed E-state index contributed by atoms with van der Waals surface area (Å²) in [6.45, 7) is 1.93. The summed E-state index contributed by atoms with van der Waals surface area (Å²) in [4.78, 5) is 14.1. The molecule has 1 aliphatic heterocycles. The number of hydrogen-bond acceptors (Lipinski definition) is 3. The van der Waals surface area contributed by atoms with E-state index in [1.165, 1.54) is 11.6 Å². The van der Waals surface area contributed by atoms with Crippen molar-refractivity contribution in [2.75, 3.05) is 26.8 Å². The van der Waals surface area contributed by atoms with Crippen molar-refractivity contribution in [1.82, 2.24) is 4.90 Å². The van der Waals surface area contributed by atoms with Gasteiger partial charge in [0.05, 0.1) is 10.2 Å². The monoisotopic (exact) mass is 373 g/mol. The highest BCUT2D eigenvalue weighted by Crippen LogP contribution is 2.22. The molecule has 102 valence electrons. The fourth-order valence-electron chi connectivity index (χ4n) is 2.04. The Kier molecular flexibility index (Phi) is 4.81. The molecule has 2 rings (SSSR count). The molecule has 1 heterocycles. The first-order chi connectivity index (χ1) is 9.11. The van der Waals surface area contributed by atoms with Crippen molar-refractivity contribution in [3.63, 3.8) is 0 Å². The third-order valence-corrected chi connectivity index (χ3v) is 4.03. The van der Waals surface area contributed by atoms with Gasteiger partial charge >= 0.3 is 0 Å². The maximum atomic E-state index is 12.3. The van der Waals surface area contributed by atoms with Crippen molar-refractivity contribution in [2.24, 2.45) is 0 Å². The van der Waals surface area contributed by atoms with Gasteiger partial charge in [-0.1, -0.05) is 6.08 Å². The minimum absolute atomic E-state index is 0.0422. The Morgan fingerprint density at radius 3 is 2.89 bits per heavy atom. The van der Waals surface area contributed by atoms with E-state index in [1.54, 1.807) is 24.1 Å². The van der Waals surface area contributed by atoms with Crippen molar-refractivity contribution >= 4 is 28.5 Å². The molecular weight excluding hydrogens is 357 g/mol. The summed E-state index contributed by atoms with van der Waals surface area (Å²) in [6.07, 6.45) is 2.88. The number of hydrogen-bond donors (Lipinski definition) is 1. The van der Waals surface area contributed by atoms with Crippen molar-refractivity contribution < 1.29 is 14.6 Å². The number of phenolic OH excluding ortho intramolecular Hbond substituents is 1. The Morgan fingerprint density at radius 2 is 2.32 bits per heavy atom. The van der Waals surface area contributed by atoms with Crippen LogP contribution in [0, 0.1) is 3.57 Å². The van der Waals surface area contributed by atoms with Crippen LogP contribution in [0.3, 0.4) is 0 Å². The van der Waals surface area contributed by atoms with E-state index in [-0.39, 0.29) is 11.7 Å². The van der Waals surface area contributed by atoms with Crippen LogP contribution in [0.4, 0.5) is 0 Å². The SMILES string of the molecule is COCC1=CCN(C(=O)c2ccc(I)c(O)c2)CC1. The number of nitrogens with zero attached hydrogens (tertiary/aromatic N) is 1. The molecule has 0 atom stereocenters. The number of halogens is 1. The molecule has 1 amide bonds. The second kappa shape index (κ2) is 6.38. The van der Waals surface area contributed by atoms with Crippen LogP contribution < -0.4 is 0 Å². The number of rotatable bonds is 3. The fourth-order valence-corrected chi connectivity index (χ4v) is 2.38.